The average Bonchev–Trinajstić information content (AvgIpc) is 0.895. The number of phenolic OH excluding ortho intramolecular Hbond substituents is 6. The first-order valence-corrected chi connectivity index (χ1v) is 34.4. The van der Waals surface area contributed by atoms with Crippen LogP contribution in [0.4, 0.5) is 0 Å². The summed E-state index contributed by atoms with van der Waals surface area (Å²) in [6.07, 6.45) is 4.11. The molecule has 2 atom stereocenters. The van der Waals surface area contributed by atoms with Gasteiger partial charge in [0, 0.05) is 137 Å². The summed E-state index contributed by atoms with van der Waals surface area (Å²) in [6.45, 7) is 30.4. The van der Waals surface area contributed by atoms with Crippen molar-refractivity contribution in [3.8, 4) is 46.0 Å². The minimum absolute atomic E-state index is 0.305. The van der Waals surface area contributed by atoms with Gasteiger partial charge in [-0.3, -0.25) is 24.5 Å². The Morgan fingerprint density at radius 1 is 0.385 bits per heavy atom. The number of ether oxygens (including phenoxy) is 2. The number of aromatic hydroxyl groups is 6. The molecule has 2 fully saturated rings. The Hall–Kier alpha value is -8.08. The molecule has 8 aromatic rings. The SMILES string of the molecule is CCC(c1ccc(O)cc1)C(CC)c1ccc(O)c(CN(C)C)c1.CCc1ccc(O)c(CN2CCN(Cc3cc(CC)ccc3OC)CC2)c1.COc1ccc(C)cc1CN1CCN(Cc2cc(C)ccc2O)CC1.Cc1cccc(CN(C)Cc2cccc(C)c2O)c1O. The fourth-order valence-electron chi connectivity index (χ4n) is 13.1. The Labute approximate surface area is 574 Å². The van der Waals surface area contributed by atoms with Crippen molar-refractivity contribution >= 4 is 0 Å². The van der Waals surface area contributed by atoms with E-state index in [4.69, 9.17) is 9.47 Å². The van der Waals surface area contributed by atoms with Crippen LogP contribution in [0.3, 0.4) is 0 Å². The van der Waals surface area contributed by atoms with Gasteiger partial charge >= 0.3 is 0 Å². The Balaban J connectivity index is 0.000000182. The van der Waals surface area contributed by atoms with Crippen molar-refractivity contribution in [2.45, 2.75) is 139 Å². The van der Waals surface area contributed by atoms with Gasteiger partial charge in [-0.05, 0) is 162 Å². The minimum Gasteiger partial charge on any atom is -0.508 e. The lowest BCUT2D eigenvalue weighted by Gasteiger charge is -2.35. The van der Waals surface area contributed by atoms with Gasteiger partial charge in [0.15, 0.2) is 0 Å². The third-order valence-corrected chi connectivity index (χ3v) is 18.7. The molecule has 0 aromatic heterocycles. The number of hydrogen-bond donors (Lipinski definition) is 6. The Morgan fingerprint density at radius 2 is 0.760 bits per heavy atom. The summed E-state index contributed by atoms with van der Waals surface area (Å²) < 4.78 is 11.1. The van der Waals surface area contributed by atoms with Crippen LogP contribution in [0.2, 0.25) is 0 Å². The lowest BCUT2D eigenvalue weighted by molar-refractivity contribution is 0.120. The number of methoxy groups -OCH3 is 2. The van der Waals surface area contributed by atoms with Crippen molar-refractivity contribution < 1.29 is 40.1 Å². The predicted molar refractivity (Wildman–Crippen MR) is 392 cm³/mol. The molecule has 0 spiro atoms. The zero-order chi connectivity index (χ0) is 69.4. The summed E-state index contributed by atoms with van der Waals surface area (Å²) in [7, 11) is 9.48. The highest BCUT2D eigenvalue weighted by Gasteiger charge is 2.25. The summed E-state index contributed by atoms with van der Waals surface area (Å²) >= 11 is 0. The Kier molecular flexibility index (Phi) is 29.4. The molecule has 2 saturated heterocycles. The average molecular weight is 1310 g/mol. The number of piperazine rings is 2. The van der Waals surface area contributed by atoms with Crippen LogP contribution in [0, 0.1) is 27.7 Å². The van der Waals surface area contributed by atoms with Crippen molar-refractivity contribution in [1.82, 2.24) is 29.4 Å². The molecule has 6 N–H and O–H groups in total. The van der Waals surface area contributed by atoms with Gasteiger partial charge < -0.3 is 45.0 Å². The molecule has 0 radical (unpaired) electrons. The fourth-order valence-corrected chi connectivity index (χ4v) is 13.1. The summed E-state index contributed by atoms with van der Waals surface area (Å²) in [5.41, 5.74) is 16.8. The fraction of sp³-hybridized carbons (Fsp3) is 0.415. The van der Waals surface area contributed by atoms with Crippen LogP contribution < -0.4 is 9.47 Å². The van der Waals surface area contributed by atoms with E-state index in [1.54, 1.807) is 32.4 Å². The third-order valence-electron chi connectivity index (χ3n) is 18.7. The van der Waals surface area contributed by atoms with Gasteiger partial charge in [0.25, 0.3) is 0 Å². The van der Waals surface area contributed by atoms with Gasteiger partial charge in [0.2, 0.25) is 0 Å². The molecule has 516 valence electrons. The summed E-state index contributed by atoms with van der Waals surface area (Å²) in [4.78, 5) is 14.0. The molecule has 8 aromatic carbocycles. The summed E-state index contributed by atoms with van der Waals surface area (Å²) in [6, 6.07) is 49.8. The lowest BCUT2D eigenvalue weighted by Crippen LogP contribution is -2.45. The second-order valence-corrected chi connectivity index (χ2v) is 26.5. The first kappa shape index (κ1) is 75.3. The van der Waals surface area contributed by atoms with E-state index in [0.717, 1.165) is 161 Å². The van der Waals surface area contributed by atoms with Crippen LogP contribution in [-0.2, 0) is 58.7 Å². The molecular formula is C82H110N6O8. The predicted octanol–water partition coefficient (Wildman–Crippen LogP) is 15.4. The highest BCUT2D eigenvalue weighted by molar-refractivity contribution is 5.44. The van der Waals surface area contributed by atoms with Crippen molar-refractivity contribution in [1.29, 1.82) is 0 Å². The van der Waals surface area contributed by atoms with E-state index >= 15 is 0 Å². The van der Waals surface area contributed by atoms with E-state index in [2.05, 4.69) is 126 Å². The maximum Gasteiger partial charge on any atom is 0.123 e. The first-order valence-electron chi connectivity index (χ1n) is 34.4. The molecule has 0 aliphatic carbocycles. The normalized spacial score (nSPS) is 14.4. The van der Waals surface area contributed by atoms with Gasteiger partial charge in [-0.25, -0.2) is 0 Å². The van der Waals surface area contributed by atoms with Gasteiger partial charge in [-0.2, -0.15) is 0 Å². The molecule has 0 bridgehead atoms. The minimum atomic E-state index is 0.305. The molecule has 2 heterocycles. The molecule has 10 rings (SSSR count). The highest BCUT2D eigenvalue weighted by atomic mass is 16.5. The quantitative estimate of drug-likeness (QED) is 0.0359. The van der Waals surface area contributed by atoms with Crippen LogP contribution in [0.5, 0.6) is 46.0 Å². The number of rotatable bonds is 23. The van der Waals surface area contributed by atoms with E-state index in [1.807, 2.05) is 114 Å². The van der Waals surface area contributed by atoms with Crippen LogP contribution in [0.25, 0.3) is 0 Å². The number of benzene rings is 8. The zero-order valence-electron chi connectivity index (χ0n) is 59.7. The van der Waals surface area contributed by atoms with Crippen molar-refractivity contribution in [3.05, 3.63) is 235 Å². The molecule has 2 aliphatic rings. The number of nitrogens with zero attached hydrogens (tertiary/aromatic N) is 6. The zero-order valence-corrected chi connectivity index (χ0v) is 59.7. The maximum absolute atomic E-state index is 10.2. The van der Waals surface area contributed by atoms with Gasteiger partial charge in [0.05, 0.1) is 14.2 Å². The van der Waals surface area contributed by atoms with Crippen LogP contribution in [-0.4, -0.2) is 148 Å². The first-order chi connectivity index (χ1) is 46.1. The Morgan fingerprint density at radius 3 is 1.23 bits per heavy atom. The van der Waals surface area contributed by atoms with Crippen LogP contribution in [0.1, 0.15) is 136 Å². The molecule has 14 heteroatoms. The van der Waals surface area contributed by atoms with E-state index in [1.165, 1.54) is 44.5 Å². The molecule has 0 amide bonds. The maximum atomic E-state index is 10.2. The molecule has 2 aliphatic heterocycles. The lowest BCUT2D eigenvalue weighted by atomic mass is 9.78. The standard InChI is InChI=1S/C23H32N2O2.C21H28N2O2.C21H29NO2.C17H21NO2/c1-4-18-6-8-22(26)20(14-18)16-24-10-12-25(13-11-24)17-21-15-19(5-2)7-9-23(21)27-3;1-16-4-6-20(24)18(12-16)14-22-8-10-23(11-9-22)15-19-13-17(2)5-7-21(19)25-3;1-5-19(15-7-10-18(23)11-8-15)20(6-2)16-9-12-21(24)17(13-16)14-22(3)4;1-12-6-4-8-14(16(12)19)10-18(3)11-15-9-5-7-13(2)17(15)20/h6-9,14-15,26H,4-5,10-13,16-17H2,1-3H3;4-7,12-13,24H,8-11,14-15H2,1-3H3;7-13,19-20,23-24H,5-6,14H2,1-4H3;4-9,19-20H,10-11H2,1-3H3. The largest absolute Gasteiger partial charge is 0.508 e. The van der Waals surface area contributed by atoms with Gasteiger partial charge in [-0.15, -0.1) is 0 Å². The van der Waals surface area contributed by atoms with E-state index in [-0.39, 0.29) is 0 Å². The molecule has 2 unspecified atom stereocenters. The second-order valence-electron chi connectivity index (χ2n) is 26.5. The van der Waals surface area contributed by atoms with E-state index in [9.17, 15) is 30.6 Å². The van der Waals surface area contributed by atoms with Gasteiger partial charge in [0.1, 0.15) is 46.0 Å². The van der Waals surface area contributed by atoms with Crippen molar-refractivity contribution in [2.24, 2.45) is 0 Å². The number of phenols is 6. The van der Waals surface area contributed by atoms with Crippen molar-refractivity contribution in [3.63, 3.8) is 0 Å². The van der Waals surface area contributed by atoms with E-state index in [0.29, 0.717) is 59.4 Å². The number of hydrogen-bond acceptors (Lipinski definition) is 14. The number of para-hydroxylation sites is 2. The Bertz CT molecular complexity index is 3640. The molecular weight excluding hydrogens is 1200 g/mol. The molecule has 0 saturated carbocycles. The second kappa shape index (κ2) is 37.4. The topological polar surface area (TPSA) is 159 Å². The summed E-state index contributed by atoms with van der Waals surface area (Å²) in [5.74, 6) is 4.93. The van der Waals surface area contributed by atoms with Crippen molar-refractivity contribution in [2.75, 3.05) is 87.7 Å². The molecule has 96 heavy (non-hydrogen) atoms. The van der Waals surface area contributed by atoms with E-state index < -0.39 is 0 Å². The van der Waals surface area contributed by atoms with Crippen LogP contribution >= 0.6 is 0 Å². The monoisotopic (exact) mass is 1310 g/mol. The van der Waals surface area contributed by atoms with Crippen LogP contribution in [0.15, 0.2) is 152 Å². The molecule has 14 nitrogen and oxygen atoms in total. The smallest absolute Gasteiger partial charge is 0.123 e. The highest BCUT2D eigenvalue weighted by Crippen LogP contribution is 2.40. The van der Waals surface area contributed by atoms with Gasteiger partial charge in [-0.1, -0.05) is 148 Å². The third kappa shape index (κ3) is 22.2. The summed E-state index contributed by atoms with van der Waals surface area (Å²) in [5, 5.41) is 59.9. The number of aryl methyl sites for hydroxylation is 6.